The Kier molecular flexibility index (Phi) is 3.74. The molecule has 2 aliphatic rings. The van der Waals surface area contributed by atoms with Crippen LogP contribution in [0.2, 0.25) is 0 Å². The van der Waals surface area contributed by atoms with E-state index in [4.69, 9.17) is 4.74 Å². The van der Waals surface area contributed by atoms with Crippen molar-refractivity contribution >= 4 is 12.3 Å². The molecule has 2 saturated heterocycles. The second-order valence-corrected chi connectivity index (χ2v) is 4.01. The quantitative estimate of drug-likeness (QED) is 0.570. The number of morpholine rings is 1. The highest BCUT2D eigenvalue weighted by atomic mass is 16.5. The Morgan fingerprint density at radius 2 is 2.06 bits per heavy atom. The Morgan fingerprint density at radius 1 is 1.31 bits per heavy atom. The molecule has 2 heterocycles. The number of amides is 2. The molecular weight excluding hydrogens is 210 g/mol. The highest BCUT2D eigenvalue weighted by molar-refractivity contribution is 5.84. The third-order valence-corrected chi connectivity index (χ3v) is 3.02. The fraction of sp³-hybridized carbons (Fsp3) is 0.800. The van der Waals surface area contributed by atoms with E-state index in [1.165, 1.54) is 4.90 Å². The Hall–Kier alpha value is -1.14. The van der Waals surface area contributed by atoms with Gasteiger partial charge in [-0.3, -0.25) is 9.59 Å². The van der Waals surface area contributed by atoms with E-state index in [0.717, 1.165) is 19.5 Å². The molecule has 6 nitrogen and oxygen atoms in total. The number of rotatable bonds is 2. The van der Waals surface area contributed by atoms with Gasteiger partial charge in [-0.2, -0.15) is 0 Å². The van der Waals surface area contributed by atoms with Crippen molar-refractivity contribution in [2.45, 2.75) is 6.04 Å². The van der Waals surface area contributed by atoms with Crippen LogP contribution in [0.25, 0.3) is 0 Å². The van der Waals surface area contributed by atoms with Gasteiger partial charge in [0.15, 0.2) is 0 Å². The zero-order valence-electron chi connectivity index (χ0n) is 9.22. The first-order valence-corrected chi connectivity index (χ1v) is 5.61. The molecule has 2 amide bonds. The van der Waals surface area contributed by atoms with Gasteiger partial charge in [-0.1, -0.05) is 0 Å². The summed E-state index contributed by atoms with van der Waals surface area (Å²) in [5, 5.41) is 3.19. The molecule has 2 fully saturated rings. The minimum absolute atomic E-state index is 0.00769. The molecule has 2 aliphatic heterocycles. The lowest BCUT2D eigenvalue weighted by molar-refractivity contribution is -0.148. The summed E-state index contributed by atoms with van der Waals surface area (Å²) in [4.78, 5) is 26.3. The fourth-order valence-electron chi connectivity index (χ4n) is 2.05. The molecule has 0 spiro atoms. The van der Waals surface area contributed by atoms with Crippen molar-refractivity contribution in [3.8, 4) is 0 Å². The minimum atomic E-state index is -0.427. The van der Waals surface area contributed by atoms with Gasteiger partial charge in [0.05, 0.1) is 13.2 Å². The maximum absolute atomic E-state index is 12.1. The molecule has 0 aromatic heterocycles. The zero-order valence-corrected chi connectivity index (χ0v) is 9.22. The van der Waals surface area contributed by atoms with Crippen LogP contribution < -0.4 is 5.32 Å². The van der Waals surface area contributed by atoms with Crippen molar-refractivity contribution in [2.24, 2.45) is 0 Å². The Morgan fingerprint density at radius 3 is 2.75 bits per heavy atom. The lowest BCUT2D eigenvalue weighted by Gasteiger charge is -2.36. The molecule has 90 valence electrons. The average molecular weight is 227 g/mol. The lowest BCUT2D eigenvalue weighted by atomic mass is 10.2. The van der Waals surface area contributed by atoms with Gasteiger partial charge in [-0.15, -0.1) is 0 Å². The third kappa shape index (κ3) is 2.33. The van der Waals surface area contributed by atoms with Crippen molar-refractivity contribution in [1.29, 1.82) is 0 Å². The number of hydrogen-bond donors (Lipinski definition) is 1. The highest BCUT2D eigenvalue weighted by Gasteiger charge is 2.32. The monoisotopic (exact) mass is 227 g/mol. The molecule has 1 N–H and O–H groups in total. The number of ether oxygens (including phenoxy) is 1. The van der Waals surface area contributed by atoms with Crippen molar-refractivity contribution in [3.05, 3.63) is 0 Å². The average Bonchev–Trinajstić information content (AvgIpc) is 2.39. The summed E-state index contributed by atoms with van der Waals surface area (Å²) >= 11 is 0. The molecule has 0 aromatic rings. The van der Waals surface area contributed by atoms with E-state index < -0.39 is 6.04 Å². The van der Waals surface area contributed by atoms with E-state index in [2.05, 4.69) is 5.32 Å². The molecule has 0 saturated carbocycles. The summed E-state index contributed by atoms with van der Waals surface area (Å²) < 4.78 is 5.26. The molecule has 0 aliphatic carbocycles. The van der Waals surface area contributed by atoms with Gasteiger partial charge in [0.2, 0.25) is 12.3 Å². The topological polar surface area (TPSA) is 61.9 Å². The number of carbonyl (C=O) groups excluding carboxylic acids is 2. The molecule has 16 heavy (non-hydrogen) atoms. The largest absolute Gasteiger partial charge is 0.377 e. The van der Waals surface area contributed by atoms with E-state index in [1.54, 1.807) is 4.90 Å². The van der Waals surface area contributed by atoms with Gasteiger partial charge in [0.25, 0.3) is 0 Å². The van der Waals surface area contributed by atoms with E-state index in [-0.39, 0.29) is 5.91 Å². The maximum atomic E-state index is 12.1. The Balaban J connectivity index is 1.97. The molecular formula is C10H17N3O3. The second-order valence-electron chi connectivity index (χ2n) is 4.01. The van der Waals surface area contributed by atoms with E-state index in [0.29, 0.717) is 32.8 Å². The number of piperazine rings is 1. The first-order valence-electron chi connectivity index (χ1n) is 5.61. The van der Waals surface area contributed by atoms with Crippen LogP contribution in [-0.4, -0.2) is 74.1 Å². The highest BCUT2D eigenvalue weighted by Crippen LogP contribution is 2.08. The second kappa shape index (κ2) is 5.27. The number of hydrogen-bond acceptors (Lipinski definition) is 4. The summed E-state index contributed by atoms with van der Waals surface area (Å²) in [5.74, 6) is 0.00769. The summed E-state index contributed by atoms with van der Waals surface area (Å²) in [6.07, 6.45) is 0.743. The van der Waals surface area contributed by atoms with Gasteiger partial charge in [-0.25, -0.2) is 0 Å². The summed E-state index contributed by atoms with van der Waals surface area (Å²) in [6, 6.07) is -0.427. The Bertz CT molecular complexity index is 266. The van der Waals surface area contributed by atoms with Crippen LogP contribution in [0.5, 0.6) is 0 Å². The standard InChI is InChI=1S/C10H17N3O3/c14-8-13-5-6-16-7-9(13)10(15)12-3-1-11-2-4-12/h8-9,11H,1-7H2. The van der Waals surface area contributed by atoms with E-state index >= 15 is 0 Å². The van der Waals surface area contributed by atoms with Crippen molar-refractivity contribution in [1.82, 2.24) is 15.1 Å². The first-order chi connectivity index (χ1) is 7.83. The van der Waals surface area contributed by atoms with Crippen LogP contribution in [-0.2, 0) is 14.3 Å². The van der Waals surface area contributed by atoms with Gasteiger partial charge in [0, 0.05) is 32.7 Å². The smallest absolute Gasteiger partial charge is 0.247 e. The number of nitrogens with one attached hydrogen (secondary N) is 1. The molecule has 0 bridgehead atoms. The molecule has 6 heteroatoms. The number of nitrogens with zero attached hydrogens (tertiary/aromatic N) is 2. The predicted molar refractivity (Wildman–Crippen MR) is 56.8 cm³/mol. The maximum Gasteiger partial charge on any atom is 0.247 e. The molecule has 1 atom stereocenters. The van der Waals surface area contributed by atoms with Crippen molar-refractivity contribution in [2.75, 3.05) is 45.9 Å². The van der Waals surface area contributed by atoms with Crippen molar-refractivity contribution < 1.29 is 14.3 Å². The predicted octanol–water partition coefficient (Wildman–Crippen LogP) is -1.72. The summed E-state index contributed by atoms with van der Waals surface area (Å²) in [6.45, 7) is 4.41. The normalized spacial score (nSPS) is 26.6. The van der Waals surface area contributed by atoms with Gasteiger partial charge >= 0.3 is 0 Å². The zero-order chi connectivity index (χ0) is 11.4. The van der Waals surface area contributed by atoms with Crippen molar-refractivity contribution in [3.63, 3.8) is 0 Å². The van der Waals surface area contributed by atoms with Gasteiger partial charge < -0.3 is 19.9 Å². The van der Waals surface area contributed by atoms with Crippen LogP contribution in [0.15, 0.2) is 0 Å². The molecule has 0 aromatic carbocycles. The third-order valence-electron chi connectivity index (χ3n) is 3.02. The van der Waals surface area contributed by atoms with Crippen LogP contribution in [0.3, 0.4) is 0 Å². The van der Waals surface area contributed by atoms with E-state index in [9.17, 15) is 9.59 Å². The molecule has 1 unspecified atom stereocenters. The van der Waals surface area contributed by atoms with Crippen LogP contribution >= 0.6 is 0 Å². The minimum Gasteiger partial charge on any atom is -0.377 e. The van der Waals surface area contributed by atoms with Gasteiger partial charge in [-0.05, 0) is 0 Å². The summed E-state index contributed by atoms with van der Waals surface area (Å²) in [5.41, 5.74) is 0. The molecule has 0 radical (unpaired) electrons. The van der Waals surface area contributed by atoms with Crippen LogP contribution in [0.1, 0.15) is 0 Å². The van der Waals surface area contributed by atoms with E-state index in [1.807, 2.05) is 0 Å². The fourth-order valence-corrected chi connectivity index (χ4v) is 2.05. The SMILES string of the molecule is O=CN1CCOCC1C(=O)N1CCNCC1. The van der Waals surface area contributed by atoms with Gasteiger partial charge in [0.1, 0.15) is 6.04 Å². The van der Waals surface area contributed by atoms with Crippen LogP contribution in [0, 0.1) is 0 Å². The van der Waals surface area contributed by atoms with Crippen LogP contribution in [0.4, 0.5) is 0 Å². The number of carbonyl (C=O) groups is 2. The Labute approximate surface area is 94.5 Å². The summed E-state index contributed by atoms with van der Waals surface area (Å²) in [7, 11) is 0. The first kappa shape index (κ1) is 11.3. The molecule has 2 rings (SSSR count). The lowest BCUT2D eigenvalue weighted by Crippen LogP contribution is -2.57.